The Hall–Kier alpha value is -1.85. The molecule has 2 aromatic carbocycles. The molecule has 0 aliphatic rings. The summed E-state index contributed by atoms with van der Waals surface area (Å²) >= 11 is 0. The van der Waals surface area contributed by atoms with Gasteiger partial charge < -0.3 is 5.73 Å². The lowest BCUT2D eigenvalue weighted by molar-refractivity contribution is 0.594. The number of sulfonamides is 1. The summed E-state index contributed by atoms with van der Waals surface area (Å²) in [7, 11) is -2.00. The zero-order valence-electron chi connectivity index (χ0n) is 12.5. The van der Waals surface area contributed by atoms with E-state index in [9.17, 15) is 8.42 Å². The van der Waals surface area contributed by atoms with Crippen molar-refractivity contribution in [3.8, 4) is 0 Å². The topological polar surface area (TPSA) is 63.4 Å². The minimum absolute atomic E-state index is 0.279. The van der Waals surface area contributed by atoms with Crippen LogP contribution in [0, 0.1) is 13.8 Å². The highest BCUT2D eigenvalue weighted by Crippen LogP contribution is 2.24. The Morgan fingerprint density at radius 2 is 1.81 bits per heavy atom. The van der Waals surface area contributed by atoms with Gasteiger partial charge in [-0.25, -0.2) is 8.42 Å². The van der Waals surface area contributed by atoms with Crippen LogP contribution in [0.15, 0.2) is 47.4 Å². The average molecular weight is 304 g/mol. The van der Waals surface area contributed by atoms with E-state index >= 15 is 0 Å². The summed E-state index contributed by atoms with van der Waals surface area (Å²) in [5.74, 6) is 0. The Bertz CT molecular complexity index is 755. The van der Waals surface area contributed by atoms with Crippen LogP contribution in [0.5, 0.6) is 0 Å². The number of nitrogens with two attached hydrogens (primary N) is 1. The fourth-order valence-electron chi connectivity index (χ4n) is 2.18. The molecule has 112 valence electrons. The Morgan fingerprint density at radius 3 is 2.38 bits per heavy atom. The van der Waals surface area contributed by atoms with Crippen LogP contribution in [0.3, 0.4) is 0 Å². The number of hydrogen-bond donors (Lipinski definition) is 1. The first-order valence-electron chi connectivity index (χ1n) is 6.71. The van der Waals surface area contributed by atoms with E-state index in [-0.39, 0.29) is 4.90 Å². The molecule has 0 heterocycles. The van der Waals surface area contributed by atoms with E-state index in [2.05, 4.69) is 0 Å². The maximum atomic E-state index is 12.7. The van der Waals surface area contributed by atoms with Crippen molar-refractivity contribution in [2.24, 2.45) is 5.73 Å². The summed E-state index contributed by atoms with van der Waals surface area (Å²) < 4.78 is 26.7. The van der Waals surface area contributed by atoms with E-state index in [1.54, 1.807) is 31.3 Å². The number of rotatable bonds is 4. The minimum Gasteiger partial charge on any atom is -0.326 e. The first-order valence-corrected chi connectivity index (χ1v) is 8.15. The van der Waals surface area contributed by atoms with Crippen molar-refractivity contribution in [3.05, 3.63) is 59.2 Å². The molecule has 2 aromatic rings. The van der Waals surface area contributed by atoms with Crippen LogP contribution in [0.25, 0.3) is 0 Å². The lowest BCUT2D eigenvalue weighted by Crippen LogP contribution is -2.26. The molecule has 0 radical (unpaired) electrons. The molecule has 0 atom stereocenters. The Kier molecular flexibility index (Phi) is 4.34. The number of aryl methyl sites for hydroxylation is 2. The van der Waals surface area contributed by atoms with Crippen molar-refractivity contribution < 1.29 is 8.42 Å². The number of hydrogen-bond acceptors (Lipinski definition) is 3. The van der Waals surface area contributed by atoms with Gasteiger partial charge in [0.05, 0.1) is 10.6 Å². The summed E-state index contributed by atoms with van der Waals surface area (Å²) in [6.07, 6.45) is 0. The standard InChI is InChI=1S/C16H20N2O2S/c1-12-5-4-6-15(9-12)18(3)21(19,20)16-8-7-14(11-17)13(2)10-16/h4-10H,11,17H2,1-3H3. The molecule has 0 unspecified atom stereocenters. The molecule has 0 fully saturated rings. The quantitative estimate of drug-likeness (QED) is 0.944. The fraction of sp³-hybridized carbons (Fsp3) is 0.250. The first kappa shape index (κ1) is 15.5. The highest BCUT2D eigenvalue weighted by Gasteiger charge is 2.21. The van der Waals surface area contributed by atoms with Crippen LogP contribution < -0.4 is 10.0 Å². The highest BCUT2D eigenvalue weighted by atomic mass is 32.2. The molecule has 0 spiro atoms. The molecule has 2 N–H and O–H groups in total. The van der Waals surface area contributed by atoms with Gasteiger partial charge in [-0.15, -0.1) is 0 Å². The third kappa shape index (κ3) is 3.09. The Labute approximate surface area is 126 Å². The van der Waals surface area contributed by atoms with Crippen molar-refractivity contribution in [1.82, 2.24) is 0 Å². The zero-order chi connectivity index (χ0) is 15.6. The van der Waals surface area contributed by atoms with E-state index in [0.29, 0.717) is 12.2 Å². The lowest BCUT2D eigenvalue weighted by Gasteiger charge is -2.20. The van der Waals surface area contributed by atoms with E-state index < -0.39 is 10.0 Å². The van der Waals surface area contributed by atoms with Gasteiger partial charge in [-0.1, -0.05) is 18.2 Å². The maximum Gasteiger partial charge on any atom is 0.264 e. The molecule has 0 bridgehead atoms. The van der Waals surface area contributed by atoms with Crippen LogP contribution in [0.4, 0.5) is 5.69 Å². The molecule has 0 saturated carbocycles. The molecule has 0 aliphatic carbocycles. The van der Waals surface area contributed by atoms with Gasteiger partial charge in [0.15, 0.2) is 0 Å². The molecule has 2 rings (SSSR count). The molecular formula is C16H20N2O2S. The molecule has 4 nitrogen and oxygen atoms in total. The van der Waals surface area contributed by atoms with Gasteiger partial charge in [-0.05, 0) is 54.8 Å². The second-order valence-corrected chi connectivity index (χ2v) is 7.07. The normalized spacial score (nSPS) is 11.4. The van der Waals surface area contributed by atoms with Gasteiger partial charge in [-0.3, -0.25) is 4.31 Å². The molecule has 5 heteroatoms. The molecule has 0 aliphatic heterocycles. The number of nitrogens with zero attached hydrogens (tertiary/aromatic N) is 1. The van der Waals surface area contributed by atoms with Gasteiger partial charge in [0.25, 0.3) is 10.0 Å². The summed E-state index contributed by atoms with van der Waals surface area (Å²) in [5, 5.41) is 0. The number of benzene rings is 2. The molecule has 21 heavy (non-hydrogen) atoms. The van der Waals surface area contributed by atoms with E-state index in [1.165, 1.54) is 4.31 Å². The molecule has 0 amide bonds. The van der Waals surface area contributed by atoms with Crippen LogP contribution in [0.2, 0.25) is 0 Å². The lowest BCUT2D eigenvalue weighted by atomic mass is 10.1. The van der Waals surface area contributed by atoms with Gasteiger partial charge in [0.2, 0.25) is 0 Å². The maximum absolute atomic E-state index is 12.7. The smallest absolute Gasteiger partial charge is 0.264 e. The summed E-state index contributed by atoms with van der Waals surface area (Å²) in [5.41, 5.74) is 9.12. The first-order chi connectivity index (χ1) is 9.86. The molecule has 0 saturated heterocycles. The highest BCUT2D eigenvalue weighted by molar-refractivity contribution is 7.92. The molecular weight excluding hydrogens is 284 g/mol. The second kappa shape index (κ2) is 5.87. The second-order valence-electron chi connectivity index (χ2n) is 5.10. The van der Waals surface area contributed by atoms with Gasteiger partial charge in [0.1, 0.15) is 0 Å². The van der Waals surface area contributed by atoms with Crippen molar-refractivity contribution >= 4 is 15.7 Å². The van der Waals surface area contributed by atoms with Crippen LogP contribution in [0.1, 0.15) is 16.7 Å². The van der Waals surface area contributed by atoms with Crippen molar-refractivity contribution in [2.75, 3.05) is 11.4 Å². The Morgan fingerprint density at radius 1 is 1.10 bits per heavy atom. The summed E-state index contributed by atoms with van der Waals surface area (Å²) in [6, 6.07) is 12.5. The van der Waals surface area contributed by atoms with Crippen LogP contribution >= 0.6 is 0 Å². The van der Waals surface area contributed by atoms with Crippen molar-refractivity contribution in [1.29, 1.82) is 0 Å². The molecule has 0 aromatic heterocycles. The van der Waals surface area contributed by atoms with E-state index in [1.807, 2.05) is 32.0 Å². The zero-order valence-corrected chi connectivity index (χ0v) is 13.3. The van der Waals surface area contributed by atoms with E-state index in [0.717, 1.165) is 16.7 Å². The third-order valence-electron chi connectivity index (χ3n) is 3.56. The summed E-state index contributed by atoms with van der Waals surface area (Å²) in [4.78, 5) is 0.279. The SMILES string of the molecule is Cc1cccc(N(C)S(=O)(=O)c2ccc(CN)c(C)c2)c1. The largest absolute Gasteiger partial charge is 0.326 e. The van der Waals surface area contributed by atoms with Gasteiger partial charge in [0, 0.05) is 13.6 Å². The minimum atomic E-state index is -3.56. The average Bonchev–Trinajstić information content (AvgIpc) is 2.46. The van der Waals surface area contributed by atoms with Gasteiger partial charge >= 0.3 is 0 Å². The Balaban J connectivity index is 2.44. The summed E-state index contributed by atoms with van der Waals surface area (Å²) in [6.45, 7) is 4.21. The van der Waals surface area contributed by atoms with Crippen molar-refractivity contribution in [3.63, 3.8) is 0 Å². The third-order valence-corrected chi connectivity index (χ3v) is 5.34. The van der Waals surface area contributed by atoms with Crippen molar-refractivity contribution in [2.45, 2.75) is 25.3 Å². The number of anilines is 1. The predicted molar refractivity (Wildman–Crippen MR) is 85.8 cm³/mol. The van der Waals surface area contributed by atoms with Crippen LogP contribution in [-0.4, -0.2) is 15.5 Å². The van der Waals surface area contributed by atoms with E-state index in [4.69, 9.17) is 5.73 Å². The van der Waals surface area contributed by atoms with Gasteiger partial charge in [-0.2, -0.15) is 0 Å². The fourth-order valence-corrected chi connectivity index (χ4v) is 3.45. The predicted octanol–water partition coefficient (Wildman–Crippen LogP) is 2.59. The van der Waals surface area contributed by atoms with Crippen LogP contribution in [-0.2, 0) is 16.6 Å². The monoisotopic (exact) mass is 304 g/mol.